The van der Waals surface area contributed by atoms with E-state index in [1.807, 2.05) is 0 Å². The van der Waals surface area contributed by atoms with Crippen molar-refractivity contribution in [3.8, 4) is 0 Å². The zero-order chi connectivity index (χ0) is 36.3. The largest absolute Gasteiger partial charge is 4.00 e. The number of rotatable bonds is 16. The van der Waals surface area contributed by atoms with Crippen LogP contribution >= 0.6 is 97.3 Å². The van der Waals surface area contributed by atoms with Gasteiger partial charge in [-0.1, -0.05) is 41.9 Å². The molecule has 0 fully saturated rings. The molecule has 0 radical (unpaired) electrons. The van der Waals surface area contributed by atoms with Gasteiger partial charge >= 0.3 is 175 Å². The van der Waals surface area contributed by atoms with Gasteiger partial charge in [0.2, 0.25) is 0 Å². The summed E-state index contributed by atoms with van der Waals surface area (Å²) in [6.45, 7) is 0. The molecule has 0 heterocycles. The molecule has 0 N–H and O–H groups in total. The molecule has 0 bridgehead atoms. The van der Waals surface area contributed by atoms with Gasteiger partial charge in [-0.25, -0.2) is 0 Å². The molecule has 8 atom stereocenters. The van der Waals surface area contributed by atoms with E-state index in [9.17, 15) is 114 Å². The Morgan fingerprint density at radius 2 is 0.354 bits per heavy atom. The third-order valence-electron chi connectivity index (χ3n) is 1.33. The maximum atomic E-state index is 10.1. The second-order valence-corrected chi connectivity index (χ2v) is 16.6. The second kappa shape index (κ2) is 35.0. The van der Waals surface area contributed by atoms with Crippen LogP contribution in [0.15, 0.2) is 0 Å². The molecule has 0 aliphatic rings. The minimum Gasteiger partial charge on any atom is -0.750 e. The van der Waals surface area contributed by atoms with Crippen LogP contribution in [0.5, 0.6) is 0 Å². The second-order valence-electron chi connectivity index (χ2n) is 4.23. The van der Waals surface area contributed by atoms with Gasteiger partial charge in [-0.2, -0.15) is 0 Å². The van der Waals surface area contributed by atoms with E-state index in [0.717, 1.165) is 0 Å². The fraction of sp³-hybridized carbons (Fsp3) is 1.00. The molecule has 0 spiro atoms. The first-order valence-electron chi connectivity index (χ1n) is 7.30. The molecule has 0 aliphatic heterocycles. The van der Waals surface area contributed by atoms with Gasteiger partial charge in [0, 0.05) is 0 Å². The fourth-order valence-corrected chi connectivity index (χ4v) is 7.49. The predicted molar refractivity (Wildman–Crippen MR) is 107 cm³/mol. The van der Waals surface area contributed by atoms with Gasteiger partial charge in [-0.15, -0.1) is 0 Å². The Morgan fingerprint density at radius 3 is 0.396 bits per heavy atom. The molecule has 0 saturated heterocycles. The third kappa shape index (κ3) is 61.6. The summed E-state index contributed by atoms with van der Waals surface area (Å²) in [4.78, 5) is 117. The average molecular weight is 1440 g/mol. The molecule has 264 valence electrons. The minimum absolute atomic E-state index is 0. The smallest absolute Gasteiger partial charge is 0.750 e. The van der Waals surface area contributed by atoms with Gasteiger partial charge < -0.3 is 58.7 Å². The third-order valence-corrected chi connectivity index (χ3v) is 12.0. The SMILES string of the molecule is C.O=[P+]([O-])OP(=O)([O-])O[P+](=O)[O-].O=[P+]([O-])OP(=O)([O-])O[P+](=O)[O-].O=[P+]([O-])OP(=O)([O-])O[P+](=O)[O-].O=[P+]([O-])OP(=O)([O-])O[P+](=O)[O-].[Hf+4].[Hf+4].[Hf+4]. The van der Waals surface area contributed by atoms with Gasteiger partial charge in [0.15, 0.2) is 0 Å². The zero-order valence-electron chi connectivity index (χ0n) is 19.9. The summed E-state index contributed by atoms with van der Waals surface area (Å²) in [5.74, 6) is 0. The molecule has 32 nitrogen and oxygen atoms in total. The fourth-order valence-electron chi connectivity index (χ4n) is 0.713. The first-order valence-corrected chi connectivity index (χ1v) is 21.9. The molecule has 0 aromatic heterocycles. The first-order chi connectivity index (χ1) is 19.3. The van der Waals surface area contributed by atoms with Crippen LogP contribution in [0.4, 0.5) is 0 Å². The maximum absolute atomic E-state index is 10.1. The molecule has 48 heavy (non-hydrogen) atoms. The van der Waals surface area contributed by atoms with Gasteiger partial charge in [0.1, 0.15) is 0 Å². The predicted octanol–water partition coefficient (Wildman–Crippen LogP) is -5.28. The summed E-state index contributed by atoms with van der Waals surface area (Å²) in [6, 6.07) is 0. The molecule has 0 saturated carbocycles. The van der Waals surface area contributed by atoms with Crippen molar-refractivity contribution in [2.75, 3.05) is 0 Å². The van der Waals surface area contributed by atoms with Crippen molar-refractivity contribution in [2.24, 2.45) is 0 Å². The molecule has 8 unspecified atom stereocenters. The van der Waals surface area contributed by atoms with Crippen LogP contribution in [0.1, 0.15) is 7.43 Å². The Hall–Kier alpha value is 3.53. The van der Waals surface area contributed by atoms with Crippen LogP contribution in [0.3, 0.4) is 0 Å². The van der Waals surface area contributed by atoms with Crippen molar-refractivity contribution in [3.63, 3.8) is 0 Å². The normalized spacial score (nSPS) is 17.2. The number of phosphoric acid groups is 4. The van der Waals surface area contributed by atoms with Crippen molar-refractivity contribution in [2.45, 2.75) is 7.43 Å². The Morgan fingerprint density at radius 1 is 0.292 bits per heavy atom. The quantitative estimate of drug-likeness (QED) is 0.103. The van der Waals surface area contributed by atoms with Crippen LogP contribution in [-0.4, -0.2) is 0 Å². The van der Waals surface area contributed by atoms with E-state index in [-0.39, 0.29) is 85.0 Å². The Kier molecular flexibility index (Phi) is 50.6. The Labute approximate surface area is 327 Å². The summed E-state index contributed by atoms with van der Waals surface area (Å²) >= 11 is 0. The summed E-state index contributed by atoms with van der Waals surface area (Å²) < 4.78 is 142. The van der Waals surface area contributed by atoms with E-state index in [2.05, 4.69) is 34.5 Å². The van der Waals surface area contributed by atoms with E-state index in [1.54, 1.807) is 0 Å². The van der Waals surface area contributed by atoms with E-state index < -0.39 is 97.3 Å². The van der Waals surface area contributed by atoms with Crippen molar-refractivity contribution in [1.82, 2.24) is 0 Å². The Balaban J connectivity index is -0.0000000721. The summed E-state index contributed by atoms with van der Waals surface area (Å²) in [7, 11) is -50.5. The van der Waals surface area contributed by atoms with E-state index in [1.165, 1.54) is 0 Å². The standard InChI is InChI=1S/CH4.3Hf.4HO8P3/c;;;;4*1-9(2)7-11(5,6)8-10(3)4/h1H4;;;;4*(H,5,6)/q;3*+4;;;;/p-4. The summed E-state index contributed by atoms with van der Waals surface area (Å²) in [5.41, 5.74) is 0. The van der Waals surface area contributed by atoms with Crippen molar-refractivity contribution >= 4 is 97.3 Å². The van der Waals surface area contributed by atoms with Gasteiger partial charge in [-0.05, 0) is 36.5 Å². The molecule has 0 amide bonds. The van der Waals surface area contributed by atoms with E-state index in [4.69, 9.17) is 0 Å². The van der Waals surface area contributed by atoms with Crippen molar-refractivity contribution < 1.29 is 226 Å². The Bertz CT molecular complexity index is 997. The molecule has 0 rings (SSSR count). The molecular formula is CH4Hf3O32P12+8. The average Bonchev–Trinajstić information content (AvgIpc) is 2.59. The van der Waals surface area contributed by atoms with Crippen molar-refractivity contribution in [1.29, 1.82) is 0 Å². The molecule has 47 heteroatoms. The van der Waals surface area contributed by atoms with Crippen LogP contribution in [-0.2, 0) is 167 Å². The van der Waals surface area contributed by atoms with Gasteiger partial charge in [-0.3, -0.25) is 18.3 Å². The molecular weight excluding hydrogens is 1430 g/mol. The molecule has 0 aromatic rings. The van der Waals surface area contributed by atoms with Crippen LogP contribution < -0.4 is 58.7 Å². The molecule has 0 aromatic carbocycles. The monoisotopic (exact) mass is 1440 g/mol. The minimum atomic E-state index is -5.25. The van der Waals surface area contributed by atoms with Gasteiger partial charge in [0.25, 0.3) is 0 Å². The van der Waals surface area contributed by atoms with Crippen LogP contribution in [0.2, 0.25) is 0 Å². The van der Waals surface area contributed by atoms with Gasteiger partial charge in [0.05, 0.1) is 0 Å². The summed E-state index contributed by atoms with van der Waals surface area (Å²) in [6.07, 6.45) is 0. The maximum Gasteiger partial charge on any atom is 4.00 e. The zero-order valence-corrected chi connectivity index (χ0v) is 41.4. The molecule has 0 aliphatic carbocycles. The van der Waals surface area contributed by atoms with Crippen LogP contribution in [0.25, 0.3) is 0 Å². The summed E-state index contributed by atoms with van der Waals surface area (Å²) in [5, 5.41) is 0. The first kappa shape index (κ1) is 69.4. The van der Waals surface area contributed by atoms with E-state index in [0.29, 0.717) is 0 Å². The van der Waals surface area contributed by atoms with Crippen molar-refractivity contribution in [3.05, 3.63) is 0 Å². The van der Waals surface area contributed by atoms with E-state index >= 15 is 0 Å². The number of hydrogen-bond donors (Lipinski definition) is 0. The topological polar surface area (TPSA) is 555 Å². The number of hydrogen-bond acceptors (Lipinski definition) is 32. The van der Waals surface area contributed by atoms with Crippen LogP contribution in [0, 0.1) is 0 Å².